The molecule has 2 unspecified atom stereocenters. The standard InChI is InChI=1S/C13H18N2O2S/c1-3-8-18-9-7-14-10(2)12(16)15-6-4-5-11(15)13(14)17/h1,10-11H,4-9H2,2H3. The number of terminal acetylenes is 1. The highest BCUT2D eigenvalue weighted by molar-refractivity contribution is 7.99. The van der Waals surface area contributed by atoms with E-state index in [-0.39, 0.29) is 23.9 Å². The lowest BCUT2D eigenvalue weighted by Crippen LogP contribution is -2.62. The number of nitrogens with zero attached hydrogens (tertiary/aromatic N) is 2. The third-order valence-electron chi connectivity index (χ3n) is 3.59. The first kappa shape index (κ1) is 13.3. The fraction of sp³-hybridized carbons (Fsp3) is 0.692. The summed E-state index contributed by atoms with van der Waals surface area (Å²) in [5.74, 6) is 4.21. The van der Waals surface area contributed by atoms with Gasteiger partial charge in [0.15, 0.2) is 0 Å². The van der Waals surface area contributed by atoms with E-state index in [0.29, 0.717) is 12.3 Å². The maximum Gasteiger partial charge on any atom is 0.246 e. The van der Waals surface area contributed by atoms with Crippen LogP contribution in [0, 0.1) is 12.3 Å². The Labute approximate surface area is 112 Å². The van der Waals surface area contributed by atoms with Crippen LogP contribution in [0.15, 0.2) is 0 Å². The topological polar surface area (TPSA) is 40.6 Å². The van der Waals surface area contributed by atoms with Crippen LogP contribution in [0.5, 0.6) is 0 Å². The third-order valence-corrected chi connectivity index (χ3v) is 4.43. The largest absolute Gasteiger partial charge is 0.329 e. The molecule has 18 heavy (non-hydrogen) atoms. The van der Waals surface area contributed by atoms with E-state index in [1.165, 1.54) is 0 Å². The van der Waals surface area contributed by atoms with E-state index in [4.69, 9.17) is 6.42 Å². The zero-order chi connectivity index (χ0) is 13.1. The SMILES string of the molecule is C#CCSCCN1C(=O)C2CCCN2C(=O)C1C. The number of thioether (sulfide) groups is 1. The Hall–Kier alpha value is -1.15. The minimum atomic E-state index is -0.321. The fourth-order valence-electron chi connectivity index (χ4n) is 2.64. The average molecular weight is 266 g/mol. The van der Waals surface area contributed by atoms with Crippen LogP contribution in [0.3, 0.4) is 0 Å². The van der Waals surface area contributed by atoms with Crippen molar-refractivity contribution < 1.29 is 9.59 Å². The Kier molecular flexibility index (Phi) is 4.18. The van der Waals surface area contributed by atoms with Gasteiger partial charge in [-0.1, -0.05) is 5.92 Å². The predicted octanol–water partition coefficient (Wildman–Crippen LogP) is 0.575. The van der Waals surface area contributed by atoms with Crippen LogP contribution in [0.4, 0.5) is 0 Å². The molecule has 0 spiro atoms. The number of carbonyl (C=O) groups is 2. The molecule has 5 heteroatoms. The molecular formula is C13H18N2O2S. The summed E-state index contributed by atoms with van der Waals surface area (Å²) in [6.45, 7) is 3.17. The molecule has 0 aromatic rings. The number of hydrogen-bond acceptors (Lipinski definition) is 3. The van der Waals surface area contributed by atoms with Crippen molar-refractivity contribution in [1.29, 1.82) is 0 Å². The summed E-state index contributed by atoms with van der Waals surface area (Å²) >= 11 is 1.62. The molecule has 0 aromatic heterocycles. The molecule has 2 atom stereocenters. The van der Waals surface area contributed by atoms with E-state index >= 15 is 0 Å². The molecule has 98 valence electrons. The summed E-state index contributed by atoms with van der Waals surface area (Å²) in [5.41, 5.74) is 0. The molecule has 2 fully saturated rings. The maximum atomic E-state index is 12.3. The molecule has 0 aliphatic carbocycles. The van der Waals surface area contributed by atoms with Gasteiger partial charge < -0.3 is 9.80 Å². The van der Waals surface area contributed by atoms with E-state index in [9.17, 15) is 9.59 Å². The van der Waals surface area contributed by atoms with Gasteiger partial charge in [0.05, 0.1) is 5.75 Å². The molecule has 2 rings (SSSR count). The second kappa shape index (κ2) is 5.66. The van der Waals surface area contributed by atoms with Gasteiger partial charge in [-0.25, -0.2) is 0 Å². The lowest BCUT2D eigenvalue weighted by Gasteiger charge is -2.40. The number of fused-ring (bicyclic) bond motifs is 1. The maximum absolute atomic E-state index is 12.3. The molecule has 0 bridgehead atoms. The molecule has 0 N–H and O–H groups in total. The van der Waals surface area contributed by atoms with Crippen LogP contribution in [0.25, 0.3) is 0 Å². The molecule has 0 aromatic carbocycles. The van der Waals surface area contributed by atoms with Crippen molar-refractivity contribution in [1.82, 2.24) is 9.80 Å². The zero-order valence-electron chi connectivity index (χ0n) is 10.6. The summed E-state index contributed by atoms with van der Waals surface area (Å²) < 4.78 is 0. The number of rotatable bonds is 4. The summed E-state index contributed by atoms with van der Waals surface area (Å²) in [4.78, 5) is 27.9. The van der Waals surface area contributed by atoms with Gasteiger partial charge >= 0.3 is 0 Å². The van der Waals surface area contributed by atoms with Crippen LogP contribution >= 0.6 is 11.8 Å². The van der Waals surface area contributed by atoms with Gasteiger partial charge in [0.25, 0.3) is 0 Å². The molecule has 0 radical (unpaired) electrons. The van der Waals surface area contributed by atoms with Crippen molar-refractivity contribution in [2.75, 3.05) is 24.6 Å². The van der Waals surface area contributed by atoms with Gasteiger partial charge in [0.1, 0.15) is 12.1 Å². The van der Waals surface area contributed by atoms with Crippen LogP contribution in [0.1, 0.15) is 19.8 Å². The lowest BCUT2D eigenvalue weighted by molar-refractivity contribution is -0.158. The van der Waals surface area contributed by atoms with Crippen molar-refractivity contribution in [3.05, 3.63) is 0 Å². The van der Waals surface area contributed by atoms with Gasteiger partial charge in [-0.2, -0.15) is 0 Å². The van der Waals surface area contributed by atoms with Crippen LogP contribution in [0.2, 0.25) is 0 Å². The Morgan fingerprint density at radius 3 is 2.94 bits per heavy atom. The van der Waals surface area contributed by atoms with Crippen molar-refractivity contribution in [2.24, 2.45) is 0 Å². The van der Waals surface area contributed by atoms with Crippen molar-refractivity contribution in [3.63, 3.8) is 0 Å². The molecular weight excluding hydrogens is 248 g/mol. The highest BCUT2D eigenvalue weighted by atomic mass is 32.2. The average Bonchev–Trinajstić information content (AvgIpc) is 2.85. The normalized spacial score (nSPS) is 27.3. The molecule has 2 saturated heterocycles. The minimum absolute atomic E-state index is 0.0963. The lowest BCUT2D eigenvalue weighted by atomic mass is 10.1. The van der Waals surface area contributed by atoms with Crippen LogP contribution in [-0.2, 0) is 9.59 Å². The molecule has 2 aliphatic heterocycles. The Balaban J connectivity index is 1.99. The first-order chi connectivity index (χ1) is 8.66. The Morgan fingerprint density at radius 1 is 1.44 bits per heavy atom. The molecule has 4 nitrogen and oxygen atoms in total. The monoisotopic (exact) mass is 266 g/mol. The van der Waals surface area contributed by atoms with Crippen molar-refractivity contribution in [3.8, 4) is 12.3 Å². The molecule has 2 aliphatic rings. The number of carbonyl (C=O) groups excluding carboxylic acids is 2. The first-order valence-electron chi connectivity index (χ1n) is 6.29. The minimum Gasteiger partial charge on any atom is -0.329 e. The van der Waals surface area contributed by atoms with Gasteiger partial charge in [-0.05, 0) is 19.8 Å². The smallest absolute Gasteiger partial charge is 0.246 e. The van der Waals surface area contributed by atoms with Gasteiger partial charge in [-0.3, -0.25) is 9.59 Å². The van der Waals surface area contributed by atoms with Crippen LogP contribution in [-0.4, -0.2) is 58.3 Å². The molecule has 0 saturated carbocycles. The highest BCUT2D eigenvalue weighted by Crippen LogP contribution is 2.26. The Morgan fingerprint density at radius 2 is 2.22 bits per heavy atom. The number of hydrogen-bond donors (Lipinski definition) is 0. The predicted molar refractivity (Wildman–Crippen MR) is 72.1 cm³/mol. The van der Waals surface area contributed by atoms with E-state index in [0.717, 1.165) is 25.1 Å². The van der Waals surface area contributed by atoms with Gasteiger partial charge in [-0.15, -0.1) is 18.2 Å². The summed E-state index contributed by atoms with van der Waals surface area (Å²) in [5, 5.41) is 0. The highest BCUT2D eigenvalue weighted by Gasteiger charge is 2.45. The second-order valence-electron chi connectivity index (χ2n) is 4.65. The number of amides is 2. The van der Waals surface area contributed by atoms with Gasteiger partial charge in [0.2, 0.25) is 11.8 Å². The number of piperazine rings is 1. The van der Waals surface area contributed by atoms with Crippen molar-refractivity contribution >= 4 is 23.6 Å². The quantitative estimate of drug-likeness (QED) is 0.552. The summed E-state index contributed by atoms with van der Waals surface area (Å²) in [7, 11) is 0. The molecule has 2 amide bonds. The van der Waals surface area contributed by atoms with Crippen LogP contribution < -0.4 is 0 Å². The first-order valence-corrected chi connectivity index (χ1v) is 7.44. The summed E-state index contributed by atoms with van der Waals surface area (Å²) in [6.07, 6.45) is 6.93. The zero-order valence-corrected chi connectivity index (χ0v) is 11.4. The van der Waals surface area contributed by atoms with Crippen molar-refractivity contribution in [2.45, 2.75) is 31.8 Å². The van der Waals surface area contributed by atoms with E-state index < -0.39 is 0 Å². The van der Waals surface area contributed by atoms with E-state index in [2.05, 4.69) is 5.92 Å². The Bertz CT molecular complexity index is 391. The summed E-state index contributed by atoms with van der Waals surface area (Å²) in [6, 6.07) is -0.524. The molecule has 2 heterocycles. The van der Waals surface area contributed by atoms with E-state index in [1.807, 2.05) is 6.92 Å². The third kappa shape index (κ3) is 2.35. The van der Waals surface area contributed by atoms with Gasteiger partial charge in [0, 0.05) is 18.8 Å². The van der Waals surface area contributed by atoms with E-state index in [1.54, 1.807) is 21.6 Å². The second-order valence-corrected chi connectivity index (χ2v) is 5.76. The fourth-order valence-corrected chi connectivity index (χ4v) is 3.23.